The van der Waals surface area contributed by atoms with Crippen LogP contribution in [0.1, 0.15) is 25.8 Å². The van der Waals surface area contributed by atoms with Crippen molar-refractivity contribution >= 4 is 13.2 Å². The first-order valence-electron chi connectivity index (χ1n) is 7.54. The maximum atomic E-state index is 2.38. The third-order valence-electron chi connectivity index (χ3n) is 3.31. The van der Waals surface area contributed by atoms with Gasteiger partial charge in [-0.3, -0.25) is 0 Å². The van der Waals surface area contributed by atoms with Gasteiger partial charge in [0.1, 0.15) is 0 Å². The molecule has 2 aromatic rings. The number of hydrogen-bond donors (Lipinski definition) is 0. The van der Waals surface area contributed by atoms with E-state index in [9.17, 15) is 0 Å². The molecule has 1 atom stereocenters. The molecule has 0 aliphatic heterocycles. The lowest BCUT2D eigenvalue weighted by Crippen LogP contribution is -2.03. The van der Waals surface area contributed by atoms with Gasteiger partial charge in [0.25, 0.3) is 0 Å². The van der Waals surface area contributed by atoms with Crippen molar-refractivity contribution in [2.24, 2.45) is 0 Å². The van der Waals surface area contributed by atoms with Gasteiger partial charge >= 0.3 is 0 Å². The zero-order chi connectivity index (χ0) is 14.9. The molecule has 0 radical (unpaired) electrons. The van der Waals surface area contributed by atoms with Crippen LogP contribution in [0.3, 0.4) is 0 Å². The summed E-state index contributed by atoms with van der Waals surface area (Å²) in [6.45, 7) is 4.31. The molecule has 0 N–H and O–H groups in total. The van der Waals surface area contributed by atoms with Crippen LogP contribution in [0.4, 0.5) is 0 Å². The van der Waals surface area contributed by atoms with Crippen molar-refractivity contribution in [3.8, 4) is 0 Å². The van der Waals surface area contributed by atoms with E-state index in [2.05, 4.69) is 92.7 Å². The Balaban J connectivity index is 2.36. The quantitative estimate of drug-likeness (QED) is 0.462. The zero-order valence-electron chi connectivity index (χ0n) is 12.9. The maximum Gasteiger partial charge on any atom is 0.000732 e. The average Bonchev–Trinajstić information content (AvgIpc) is 2.54. The molecular weight excluding hydrogens is 271 g/mol. The summed E-state index contributed by atoms with van der Waals surface area (Å²) >= 11 is 0. The summed E-state index contributed by atoms with van der Waals surface area (Å²) < 4.78 is 0. The number of rotatable bonds is 6. The minimum absolute atomic E-state index is 0.333. The van der Waals surface area contributed by atoms with Gasteiger partial charge in [-0.05, 0) is 37.4 Å². The van der Waals surface area contributed by atoms with Crippen molar-refractivity contribution in [3.05, 3.63) is 89.8 Å². The minimum Gasteiger partial charge on any atom is -0.0870 e. The van der Waals surface area contributed by atoms with E-state index in [-0.39, 0.29) is 7.92 Å². The lowest BCUT2D eigenvalue weighted by atomic mass is 10.2. The van der Waals surface area contributed by atoms with Gasteiger partial charge in [-0.25, -0.2) is 0 Å². The Hall–Kier alpha value is -1.65. The predicted octanol–water partition coefficient (Wildman–Crippen LogP) is 5.86. The Kier molecular flexibility index (Phi) is 6.44. The lowest BCUT2D eigenvalue weighted by Gasteiger charge is -2.20. The Labute approximate surface area is 130 Å². The van der Waals surface area contributed by atoms with Crippen LogP contribution in [-0.2, 0) is 6.16 Å². The van der Waals surface area contributed by atoms with Crippen molar-refractivity contribution in [3.63, 3.8) is 0 Å². The van der Waals surface area contributed by atoms with Crippen LogP contribution in [0.2, 0.25) is 0 Å². The smallest absolute Gasteiger partial charge is 0.000732 e. The molecule has 0 saturated carbocycles. The second kappa shape index (κ2) is 8.60. The van der Waals surface area contributed by atoms with Gasteiger partial charge < -0.3 is 0 Å². The molecule has 0 aliphatic carbocycles. The SMILES string of the molecule is C/C=C\C(=C/CC)P(Cc1ccccc1)c1ccccc1. The average molecular weight is 294 g/mol. The van der Waals surface area contributed by atoms with Gasteiger partial charge in [-0.1, -0.05) is 85.8 Å². The van der Waals surface area contributed by atoms with E-state index < -0.39 is 0 Å². The van der Waals surface area contributed by atoms with Crippen molar-refractivity contribution in [1.29, 1.82) is 0 Å². The second-order valence-corrected chi connectivity index (χ2v) is 7.15. The molecule has 0 bridgehead atoms. The van der Waals surface area contributed by atoms with E-state index in [1.54, 1.807) is 0 Å². The van der Waals surface area contributed by atoms with Gasteiger partial charge in [0.15, 0.2) is 0 Å². The fraction of sp³-hybridized carbons (Fsp3) is 0.200. The highest BCUT2D eigenvalue weighted by Gasteiger charge is 2.14. The van der Waals surface area contributed by atoms with Gasteiger partial charge in [0.2, 0.25) is 0 Å². The van der Waals surface area contributed by atoms with E-state index >= 15 is 0 Å². The summed E-state index contributed by atoms with van der Waals surface area (Å²) in [7, 11) is -0.333. The lowest BCUT2D eigenvalue weighted by molar-refractivity contribution is 1.22. The third-order valence-corrected chi connectivity index (χ3v) is 5.87. The van der Waals surface area contributed by atoms with Crippen molar-refractivity contribution in [2.45, 2.75) is 26.4 Å². The third kappa shape index (κ3) is 4.69. The van der Waals surface area contributed by atoms with Crippen LogP contribution in [0.5, 0.6) is 0 Å². The van der Waals surface area contributed by atoms with Crippen molar-refractivity contribution in [2.75, 3.05) is 0 Å². The van der Waals surface area contributed by atoms with Crippen LogP contribution < -0.4 is 5.30 Å². The van der Waals surface area contributed by atoms with Gasteiger partial charge in [-0.15, -0.1) is 0 Å². The summed E-state index contributed by atoms with van der Waals surface area (Å²) in [5, 5.41) is 2.93. The molecule has 21 heavy (non-hydrogen) atoms. The first-order valence-corrected chi connectivity index (χ1v) is 9.07. The second-order valence-electron chi connectivity index (χ2n) is 4.94. The van der Waals surface area contributed by atoms with Gasteiger partial charge in [0, 0.05) is 6.16 Å². The molecule has 1 unspecified atom stereocenters. The number of benzene rings is 2. The van der Waals surface area contributed by atoms with Crippen molar-refractivity contribution in [1.82, 2.24) is 0 Å². The number of allylic oxidation sites excluding steroid dienone is 4. The number of hydrogen-bond acceptors (Lipinski definition) is 0. The van der Waals surface area contributed by atoms with E-state index in [1.165, 1.54) is 16.2 Å². The highest BCUT2D eigenvalue weighted by molar-refractivity contribution is 7.69. The molecule has 2 rings (SSSR count). The van der Waals surface area contributed by atoms with Crippen molar-refractivity contribution < 1.29 is 0 Å². The highest BCUT2D eigenvalue weighted by atomic mass is 31.1. The standard InChI is InChI=1S/C20H23P/c1-3-11-19(12-4-2)21(20-15-9-6-10-16-20)17-18-13-7-5-8-14-18/h3,5-16H,4,17H2,1-2H3/b11-3-,19-12+. The Morgan fingerprint density at radius 3 is 2.14 bits per heavy atom. The van der Waals surface area contributed by atoms with Crippen LogP contribution in [0.25, 0.3) is 0 Å². The molecule has 0 fully saturated rings. The van der Waals surface area contributed by atoms with E-state index in [1.807, 2.05) is 0 Å². The van der Waals surface area contributed by atoms with E-state index in [0.29, 0.717) is 0 Å². The van der Waals surface area contributed by atoms with Gasteiger partial charge in [0.05, 0.1) is 0 Å². The van der Waals surface area contributed by atoms with E-state index in [4.69, 9.17) is 0 Å². The molecule has 0 aliphatic rings. The van der Waals surface area contributed by atoms with Crippen LogP contribution in [0, 0.1) is 0 Å². The molecule has 0 spiro atoms. The Morgan fingerprint density at radius 1 is 0.952 bits per heavy atom. The Bertz CT molecular complexity index is 582. The van der Waals surface area contributed by atoms with E-state index in [0.717, 1.165) is 12.6 Å². The Morgan fingerprint density at radius 2 is 1.57 bits per heavy atom. The topological polar surface area (TPSA) is 0 Å². The van der Waals surface area contributed by atoms with Crippen LogP contribution in [-0.4, -0.2) is 0 Å². The monoisotopic (exact) mass is 294 g/mol. The summed E-state index contributed by atoms with van der Waals surface area (Å²) in [4.78, 5) is 0. The van der Waals surface area contributed by atoms with Crippen LogP contribution >= 0.6 is 7.92 Å². The molecule has 0 saturated heterocycles. The molecule has 2 aromatic carbocycles. The largest absolute Gasteiger partial charge is 0.0870 e. The minimum atomic E-state index is -0.333. The molecule has 108 valence electrons. The molecule has 0 amide bonds. The zero-order valence-corrected chi connectivity index (χ0v) is 13.8. The summed E-state index contributed by atoms with van der Waals surface area (Å²) in [6.07, 6.45) is 9.01. The highest BCUT2D eigenvalue weighted by Crippen LogP contribution is 2.47. The molecule has 1 heteroatoms. The molecule has 0 nitrogen and oxygen atoms in total. The normalized spacial score (nSPS) is 13.5. The maximum absolute atomic E-state index is 2.38. The first-order chi connectivity index (χ1) is 10.3. The van der Waals surface area contributed by atoms with Gasteiger partial charge in [-0.2, -0.15) is 0 Å². The summed E-state index contributed by atoms with van der Waals surface area (Å²) in [5.74, 6) is 0. The first kappa shape index (κ1) is 15.7. The molecular formula is C20H23P. The fourth-order valence-electron chi connectivity index (χ4n) is 2.35. The molecule has 0 heterocycles. The molecule has 0 aromatic heterocycles. The predicted molar refractivity (Wildman–Crippen MR) is 96.3 cm³/mol. The fourth-order valence-corrected chi connectivity index (χ4v) is 4.86. The summed E-state index contributed by atoms with van der Waals surface area (Å²) in [5.41, 5.74) is 1.42. The summed E-state index contributed by atoms with van der Waals surface area (Å²) in [6, 6.07) is 21.7. The van der Waals surface area contributed by atoms with Crippen LogP contribution in [0.15, 0.2) is 84.2 Å².